The Labute approximate surface area is 59.3 Å². The highest BCUT2D eigenvalue weighted by molar-refractivity contribution is 6.30. The van der Waals surface area contributed by atoms with Gasteiger partial charge in [0.05, 0.1) is 10.8 Å². The summed E-state index contributed by atoms with van der Waals surface area (Å²) in [7, 11) is 0. The summed E-state index contributed by atoms with van der Waals surface area (Å²) in [6.45, 7) is 1.62. The lowest BCUT2D eigenvalue weighted by atomic mass is 10.2. The van der Waals surface area contributed by atoms with E-state index in [-0.39, 0.29) is 10.8 Å². The number of hydrogen-bond donors (Lipinski definition) is 0. The molecule has 1 heterocycles. The van der Waals surface area contributed by atoms with Crippen LogP contribution in [0.15, 0.2) is 0 Å². The average Bonchev–Trinajstić information content (AvgIpc) is 1.77. The predicted octanol–water partition coefficient (Wildman–Crippen LogP) is 1.21. The normalized spacial score (nSPS) is 39.8. The third-order valence-corrected chi connectivity index (χ3v) is 2.35. The molecule has 1 nitrogen and oxygen atoms in total. The van der Waals surface area contributed by atoms with E-state index in [4.69, 9.17) is 23.2 Å². The highest BCUT2D eigenvalue weighted by Crippen LogP contribution is 2.16. The number of hydrogen-bond acceptors (Lipinski definition) is 0. The SMILES string of the molecule is ClC1CC[N]CC1Cl. The summed E-state index contributed by atoms with van der Waals surface area (Å²) < 4.78 is 0. The number of halogens is 2. The highest BCUT2D eigenvalue weighted by atomic mass is 35.5. The van der Waals surface area contributed by atoms with E-state index in [0.717, 1.165) is 19.5 Å². The van der Waals surface area contributed by atoms with Crippen LogP contribution in [0.25, 0.3) is 0 Å². The second-order valence-electron chi connectivity index (χ2n) is 1.95. The summed E-state index contributed by atoms with van der Waals surface area (Å²) in [5.74, 6) is 0. The predicted molar refractivity (Wildman–Crippen MR) is 35.8 cm³/mol. The van der Waals surface area contributed by atoms with Crippen LogP contribution in [0.3, 0.4) is 0 Å². The van der Waals surface area contributed by atoms with Crippen LogP contribution >= 0.6 is 23.2 Å². The Hall–Kier alpha value is 0.540. The van der Waals surface area contributed by atoms with Crippen molar-refractivity contribution in [3.63, 3.8) is 0 Å². The van der Waals surface area contributed by atoms with Gasteiger partial charge in [0, 0.05) is 13.1 Å². The Morgan fingerprint density at radius 3 is 2.38 bits per heavy atom. The van der Waals surface area contributed by atoms with Crippen molar-refractivity contribution >= 4 is 23.2 Å². The van der Waals surface area contributed by atoms with Crippen molar-refractivity contribution in [2.45, 2.75) is 17.2 Å². The number of alkyl halides is 2. The van der Waals surface area contributed by atoms with Gasteiger partial charge in [-0.3, -0.25) is 0 Å². The van der Waals surface area contributed by atoms with Gasteiger partial charge in [-0.25, -0.2) is 5.32 Å². The number of nitrogens with zero attached hydrogens (tertiary/aromatic N) is 1. The molecule has 1 aliphatic rings. The molecule has 0 spiro atoms. The van der Waals surface area contributed by atoms with E-state index < -0.39 is 0 Å². The van der Waals surface area contributed by atoms with E-state index >= 15 is 0 Å². The number of piperidine rings is 1. The minimum atomic E-state index is 0.0745. The third kappa shape index (κ3) is 1.51. The lowest BCUT2D eigenvalue weighted by Crippen LogP contribution is -2.33. The molecule has 3 heteroatoms. The van der Waals surface area contributed by atoms with Crippen LogP contribution in [0.1, 0.15) is 6.42 Å². The molecule has 0 aromatic heterocycles. The molecule has 0 saturated carbocycles. The van der Waals surface area contributed by atoms with Crippen LogP contribution in [0, 0.1) is 0 Å². The van der Waals surface area contributed by atoms with E-state index in [1.807, 2.05) is 0 Å². The van der Waals surface area contributed by atoms with E-state index in [1.165, 1.54) is 0 Å². The summed E-state index contributed by atoms with van der Waals surface area (Å²) in [5, 5.41) is 4.31. The van der Waals surface area contributed by atoms with Crippen molar-refractivity contribution in [2.24, 2.45) is 0 Å². The quantitative estimate of drug-likeness (QED) is 0.464. The summed E-state index contributed by atoms with van der Waals surface area (Å²) in [6.07, 6.45) is 0.940. The zero-order chi connectivity index (χ0) is 5.98. The highest BCUT2D eigenvalue weighted by Gasteiger charge is 2.20. The third-order valence-electron chi connectivity index (χ3n) is 1.26. The monoisotopic (exact) mass is 152 g/mol. The van der Waals surface area contributed by atoms with Crippen LogP contribution < -0.4 is 5.32 Å². The zero-order valence-corrected chi connectivity index (χ0v) is 5.99. The van der Waals surface area contributed by atoms with Crippen molar-refractivity contribution in [3.05, 3.63) is 0 Å². The second kappa shape index (κ2) is 2.90. The molecule has 2 atom stereocenters. The van der Waals surface area contributed by atoms with Gasteiger partial charge in [0.2, 0.25) is 0 Å². The molecule has 0 aromatic rings. The molecule has 1 fully saturated rings. The molecule has 1 rings (SSSR count). The Kier molecular flexibility index (Phi) is 2.42. The maximum atomic E-state index is 5.78. The fourth-order valence-corrected chi connectivity index (χ4v) is 1.13. The maximum absolute atomic E-state index is 5.78. The van der Waals surface area contributed by atoms with Gasteiger partial charge < -0.3 is 0 Å². The van der Waals surface area contributed by atoms with Crippen molar-refractivity contribution in [1.29, 1.82) is 0 Å². The molecule has 2 unspecified atom stereocenters. The molecule has 8 heavy (non-hydrogen) atoms. The molecular formula is C5H8Cl2N. The first-order chi connectivity index (χ1) is 3.80. The zero-order valence-electron chi connectivity index (χ0n) is 4.48. The maximum Gasteiger partial charge on any atom is 0.0641 e. The summed E-state index contributed by atoms with van der Waals surface area (Å²) in [6, 6.07) is 0. The average molecular weight is 153 g/mol. The van der Waals surface area contributed by atoms with E-state index in [0.29, 0.717) is 0 Å². The molecule has 0 N–H and O–H groups in total. The van der Waals surface area contributed by atoms with Gasteiger partial charge >= 0.3 is 0 Å². The molecule has 0 aliphatic carbocycles. The lowest BCUT2D eigenvalue weighted by Gasteiger charge is -2.20. The van der Waals surface area contributed by atoms with Crippen LogP contribution in [-0.4, -0.2) is 23.8 Å². The molecule has 0 aromatic carbocycles. The summed E-state index contributed by atoms with van der Waals surface area (Å²) in [4.78, 5) is 0. The first-order valence-electron chi connectivity index (χ1n) is 2.72. The smallest absolute Gasteiger partial charge is 0.0641 e. The lowest BCUT2D eigenvalue weighted by molar-refractivity contribution is 0.524. The van der Waals surface area contributed by atoms with Gasteiger partial charge in [-0.05, 0) is 6.42 Å². The Balaban J connectivity index is 2.28. The van der Waals surface area contributed by atoms with Gasteiger partial charge in [0.1, 0.15) is 0 Å². The summed E-state index contributed by atoms with van der Waals surface area (Å²) >= 11 is 11.5. The molecule has 1 saturated heterocycles. The minimum Gasteiger partial charge on any atom is -0.240 e. The molecule has 1 radical (unpaired) electrons. The fourth-order valence-electron chi connectivity index (χ4n) is 0.724. The summed E-state index contributed by atoms with van der Waals surface area (Å²) in [5.41, 5.74) is 0. The van der Waals surface area contributed by atoms with E-state index in [9.17, 15) is 0 Å². The first kappa shape index (κ1) is 6.66. The van der Waals surface area contributed by atoms with Gasteiger partial charge in [0.15, 0.2) is 0 Å². The topological polar surface area (TPSA) is 14.1 Å². The molecule has 1 aliphatic heterocycles. The van der Waals surface area contributed by atoms with Crippen molar-refractivity contribution < 1.29 is 0 Å². The Morgan fingerprint density at radius 2 is 2.00 bits per heavy atom. The Bertz CT molecular complexity index is 66.8. The van der Waals surface area contributed by atoms with Crippen molar-refractivity contribution in [2.75, 3.05) is 13.1 Å². The van der Waals surface area contributed by atoms with Crippen LogP contribution in [0.2, 0.25) is 0 Å². The van der Waals surface area contributed by atoms with E-state index in [2.05, 4.69) is 5.32 Å². The van der Waals surface area contributed by atoms with Crippen molar-refractivity contribution in [3.8, 4) is 0 Å². The largest absolute Gasteiger partial charge is 0.240 e. The fraction of sp³-hybridized carbons (Fsp3) is 1.00. The van der Waals surface area contributed by atoms with Crippen LogP contribution in [0.5, 0.6) is 0 Å². The minimum absolute atomic E-state index is 0.0745. The molecule has 0 amide bonds. The van der Waals surface area contributed by atoms with E-state index in [1.54, 1.807) is 0 Å². The number of rotatable bonds is 0. The first-order valence-corrected chi connectivity index (χ1v) is 3.59. The van der Waals surface area contributed by atoms with Crippen molar-refractivity contribution in [1.82, 2.24) is 5.32 Å². The van der Waals surface area contributed by atoms with Crippen LogP contribution in [-0.2, 0) is 0 Å². The van der Waals surface area contributed by atoms with Gasteiger partial charge in [-0.15, -0.1) is 23.2 Å². The van der Waals surface area contributed by atoms with Gasteiger partial charge in [0.25, 0.3) is 0 Å². The molecule has 47 valence electrons. The molecule has 0 bridgehead atoms. The molecular weight excluding hydrogens is 145 g/mol. The van der Waals surface area contributed by atoms with Crippen LogP contribution in [0.4, 0.5) is 0 Å². The second-order valence-corrected chi connectivity index (χ2v) is 3.07. The standard InChI is InChI=1S/C5H8Cl2N/c6-4-1-2-8-3-5(4)7/h4-5H,1-3H2. The Morgan fingerprint density at radius 1 is 1.25 bits per heavy atom. The van der Waals surface area contributed by atoms with Gasteiger partial charge in [-0.1, -0.05) is 0 Å². The van der Waals surface area contributed by atoms with Gasteiger partial charge in [-0.2, -0.15) is 0 Å².